The molecule has 2 aromatic rings. The molecule has 0 saturated carbocycles. The highest BCUT2D eigenvalue weighted by atomic mass is 16.2. The van der Waals surface area contributed by atoms with Crippen LogP contribution in [0.3, 0.4) is 0 Å². The van der Waals surface area contributed by atoms with E-state index in [1.54, 1.807) is 36.2 Å². The molecule has 0 spiro atoms. The van der Waals surface area contributed by atoms with Gasteiger partial charge in [-0.15, -0.1) is 0 Å². The molecular formula is C20H24N2O2. The minimum atomic E-state index is -0.149. The number of carbonyl (C=O) groups is 2. The highest BCUT2D eigenvalue weighted by Crippen LogP contribution is 2.11. The largest absolute Gasteiger partial charge is 0.352 e. The Kier molecular flexibility index (Phi) is 6.13. The summed E-state index contributed by atoms with van der Waals surface area (Å²) in [6.45, 7) is 5.23. The van der Waals surface area contributed by atoms with Crippen molar-refractivity contribution in [2.75, 3.05) is 13.6 Å². The molecule has 0 atom stereocenters. The second-order valence-electron chi connectivity index (χ2n) is 6.33. The van der Waals surface area contributed by atoms with Crippen molar-refractivity contribution in [2.24, 2.45) is 5.92 Å². The molecule has 1 N–H and O–H groups in total. The Morgan fingerprint density at radius 3 is 2.33 bits per heavy atom. The van der Waals surface area contributed by atoms with E-state index in [1.165, 1.54) is 0 Å². The van der Waals surface area contributed by atoms with Gasteiger partial charge in [-0.3, -0.25) is 9.59 Å². The molecule has 2 amide bonds. The van der Waals surface area contributed by atoms with Gasteiger partial charge in [-0.1, -0.05) is 50.2 Å². The third-order valence-electron chi connectivity index (χ3n) is 3.65. The van der Waals surface area contributed by atoms with Crippen LogP contribution in [0.1, 0.15) is 40.1 Å². The van der Waals surface area contributed by atoms with Gasteiger partial charge >= 0.3 is 0 Å². The molecule has 0 aliphatic heterocycles. The summed E-state index contributed by atoms with van der Waals surface area (Å²) in [6, 6.07) is 16.7. The Morgan fingerprint density at radius 2 is 1.67 bits per heavy atom. The normalized spacial score (nSPS) is 10.5. The molecule has 126 valence electrons. The van der Waals surface area contributed by atoms with Crippen LogP contribution < -0.4 is 5.32 Å². The highest BCUT2D eigenvalue weighted by molar-refractivity contribution is 5.99. The minimum absolute atomic E-state index is 0.0997. The molecule has 0 aromatic heterocycles. The van der Waals surface area contributed by atoms with Gasteiger partial charge < -0.3 is 10.2 Å². The molecule has 0 saturated heterocycles. The molecule has 0 radical (unpaired) electrons. The van der Waals surface area contributed by atoms with Gasteiger partial charge in [0.15, 0.2) is 0 Å². The molecule has 2 rings (SSSR count). The van der Waals surface area contributed by atoms with Gasteiger partial charge in [0.05, 0.1) is 0 Å². The van der Waals surface area contributed by atoms with Gasteiger partial charge in [0.25, 0.3) is 11.8 Å². The summed E-state index contributed by atoms with van der Waals surface area (Å²) in [6.07, 6.45) is 0. The van der Waals surface area contributed by atoms with Crippen LogP contribution in [0.2, 0.25) is 0 Å². The van der Waals surface area contributed by atoms with E-state index in [1.807, 2.05) is 44.2 Å². The average Bonchev–Trinajstić information content (AvgIpc) is 2.60. The average molecular weight is 324 g/mol. The number of benzene rings is 2. The maximum atomic E-state index is 12.6. The maximum Gasteiger partial charge on any atom is 0.253 e. The van der Waals surface area contributed by atoms with E-state index in [-0.39, 0.29) is 11.8 Å². The first-order chi connectivity index (χ1) is 11.5. The van der Waals surface area contributed by atoms with E-state index >= 15 is 0 Å². The van der Waals surface area contributed by atoms with Crippen LogP contribution >= 0.6 is 0 Å². The summed E-state index contributed by atoms with van der Waals surface area (Å²) in [7, 11) is 1.76. The monoisotopic (exact) mass is 324 g/mol. The van der Waals surface area contributed by atoms with Crippen molar-refractivity contribution in [3.8, 4) is 0 Å². The molecule has 24 heavy (non-hydrogen) atoms. The lowest BCUT2D eigenvalue weighted by Crippen LogP contribution is -2.28. The molecule has 0 fully saturated rings. The zero-order valence-electron chi connectivity index (χ0n) is 14.5. The van der Waals surface area contributed by atoms with Crippen molar-refractivity contribution in [1.82, 2.24) is 10.2 Å². The number of carbonyl (C=O) groups excluding carboxylic acids is 2. The SMILES string of the molecule is CC(C)CNC(=O)c1cccc(C(=O)N(C)Cc2ccccc2)c1. The van der Waals surface area contributed by atoms with Crippen molar-refractivity contribution in [2.45, 2.75) is 20.4 Å². The van der Waals surface area contributed by atoms with Gasteiger partial charge in [0.1, 0.15) is 0 Å². The van der Waals surface area contributed by atoms with Crippen LogP contribution in [0, 0.1) is 5.92 Å². The third-order valence-corrected chi connectivity index (χ3v) is 3.65. The summed E-state index contributed by atoms with van der Waals surface area (Å²) < 4.78 is 0. The molecule has 0 bridgehead atoms. The second kappa shape index (κ2) is 8.29. The molecule has 0 aliphatic carbocycles. The molecule has 2 aromatic carbocycles. The lowest BCUT2D eigenvalue weighted by atomic mass is 10.1. The summed E-state index contributed by atoms with van der Waals surface area (Å²) >= 11 is 0. The minimum Gasteiger partial charge on any atom is -0.352 e. The molecule has 0 unspecified atom stereocenters. The third kappa shape index (κ3) is 4.95. The number of nitrogens with one attached hydrogen (secondary N) is 1. The van der Waals surface area contributed by atoms with Crippen molar-refractivity contribution in [3.63, 3.8) is 0 Å². The Morgan fingerprint density at radius 1 is 1.00 bits per heavy atom. The van der Waals surface area contributed by atoms with Crippen LogP contribution in [0.15, 0.2) is 54.6 Å². The van der Waals surface area contributed by atoms with Crippen LogP contribution in [0.25, 0.3) is 0 Å². The van der Waals surface area contributed by atoms with Gasteiger partial charge in [0.2, 0.25) is 0 Å². The Labute approximate surface area is 143 Å². The summed E-state index contributed by atoms with van der Waals surface area (Å²) in [5, 5.41) is 2.87. The predicted molar refractivity (Wildman–Crippen MR) is 95.9 cm³/mol. The Bertz CT molecular complexity index is 696. The predicted octanol–water partition coefficient (Wildman–Crippen LogP) is 3.34. The smallest absolute Gasteiger partial charge is 0.253 e. The fourth-order valence-corrected chi connectivity index (χ4v) is 2.34. The van der Waals surface area contributed by atoms with Gasteiger partial charge in [0, 0.05) is 31.3 Å². The summed E-state index contributed by atoms with van der Waals surface area (Å²) in [5.41, 5.74) is 2.10. The molecule has 0 heterocycles. The molecule has 4 nitrogen and oxygen atoms in total. The van der Waals surface area contributed by atoms with Gasteiger partial charge in [-0.25, -0.2) is 0 Å². The summed E-state index contributed by atoms with van der Waals surface area (Å²) in [4.78, 5) is 26.4. The van der Waals surface area contributed by atoms with E-state index in [9.17, 15) is 9.59 Å². The van der Waals surface area contributed by atoms with Crippen molar-refractivity contribution < 1.29 is 9.59 Å². The van der Waals surface area contributed by atoms with Crippen molar-refractivity contribution in [3.05, 3.63) is 71.3 Å². The van der Waals surface area contributed by atoms with Crippen LogP contribution in [-0.4, -0.2) is 30.3 Å². The lowest BCUT2D eigenvalue weighted by Gasteiger charge is -2.18. The fraction of sp³-hybridized carbons (Fsp3) is 0.300. The quantitative estimate of drug-likeness (QED) is 0.886. The van der Waals surface area contributed by atoms with Gasteiger partial charge in [-0.05, 0) is 29.7 Å². The van der Waals surface area contributed by atoms with Crippen molar-refractivity contribution >= 4 is 11.8 Å². The lowest BCUT2D eigenvalue weighted by molar-refractivity contribution is 0.0785. The van der Waals surface area contributed by atoms with Crippen LogP contribution in [0.4, 0.5) is 0 Å². The number of hydrogen-bond acceptors (Lipinski definition) is 2. The standard InChI is InChI=1S/C20H24N2O2/c1-15(2)13-21-19(23)17-10-7-11-18(12-17)20(24)22(3)14-16-8-5-4-6-9-16/h4-12,15H,13-14H2,1-3H3,(H,21,23). The molecule has 4 heteroatoms. The fourth-order valence-electron chi connectivity index (χ4n) is 2.34. The van der Waals surface area contributed by atoms with E-state index in [0.717, 1.165) is 5.56 Å². The topological polar surface area (TPSA) is 49.4 Å². The molecule has 0 aliphatic rings. The van der Waals surface area contributed by atoms with E-state index < -0.39 is 0 Å². The van der Waals surface area contributed by atoms with E-state index in [2.05, 4.69) is 5.32 Å². The summed E-state index contributed by atoms with van der Waals surface area (Å²) in [5.74, 6) is 0.136. The van der Waals surface area contributed by atoms with E-state index in [4.69, 9.17) is 0 Å². The molecular weight excluding hydrogens is 300 g/mol. The number of hydrogen-bond donors (Lipinski definition) is 1. The van der Waals surface area contributed by atoms with Gasteiger partial charge in [-0.2, -0.15) is 0 Å². The second-order valence-corrected chi connectivity index (χ2v) is 6.33. The first-order valence-electron chi connectivity index (χ1n) is 8.15. The zero-order chi connectivity index (χ0) is 17.5. The first-order valence-corrected chi connectivity index (χ1v) is 8.15. The highest BCUT2D eigenvalue weighted by Gasteiger charge is 2.14. The Hall–Kier alpha value is -2.62. The number of nitrogens with zero attached hydrogens (tertiary/aromatic N) is 1. The zero-order valence-corrected chi connectivity index (χ0v) is 14.5. The van der Waals surface area contributed by atoms with Crippen LogP contribution in [-0.2, 0) is 6.54 Å². The number of rotatable bonds is 6. The van der Waals surface area contributed by atoms with E-state index in [0.29, 0.717) is 30.1 Å². The Balaban J connectivity index is 2.06. The van der Waals surface area contributed by atoms with Crippen LogP contribution in [0.5, 0.6) is 0 Å². The first kappa shape index (κ1) is 17.7. The number of amides is 2. The van der Waals surface area contributed by atoms with Crippen molar-refractivity contribution in [1.29, 1.82) is 0 Å². The maximum absolute atomic E-state index is 12.6.